The van der Waals surface area contributed by atoms with Crippen LogP contribution in [0.1, 0.15) is 51.7 Å². The summed E-state index contributed by atoms with van der Waals surface area (Å²) in [6.45, 7) is 9.22. The van der Waals surface area contributed by atoms with Crippen molar-refractivity contribution in [3.63, 3.8) is 0 Å². The van der Waals surface area contributed by atoms with Crippen LogP contribution in [0.4, 0.5) is 0 Å². The van der Waals surface area contributed by atoms with Crippen molar-refractivity contribution in [2.75, 3.05) is 5.75 Å². The summed E-state index contributed by atoms with van der Waals surface area (Å²) in [5, 5.41) is 5.44. The fraction of sp³-hybridized carbons (Fsp3) is 0.476. The van der Waals surface area contributed by atoms with Gasteiger partial charge in [-0.1, -0.05) is 56.8 Å². The molecule has 1 atom stereocenters. The molecule has 5 nitrogen and oxygen atoms in total. The third-order valence-corrected chi connectivity index (χ3v) is 6.80. The highest BCUT2D eigenvalue weighted by molar-refractivity contribution is 7.99. The molecule has 1 aromatic carbocycles. The number of nitrogens with zero attached hydrogens (tertiary/aromatic N) is 4. The molecule has 3 aromatic rings. The number of fused-ring (bicyclic) bond motifs is 4. The molecule has 0 aliphatic heterocycles. The second-order valence-electron chi connectivity index (χ2n) is 7.47. The van der Waals surface area contributed by atoms with Gasteiger partial charge in [-0.05, 0) is 31.7 Å². The minimum absolute atomic E-state index is 0.0483. The smallest absolute Gasteiger partial charge is 0.265 e. The highest BCUT2D eigenvalue weighted by Crippen LogP contribution is 2.42. The van der Waals surface area contributed by atoms with E-state index in [0.717, 1.165) is 47.0 Å². The quantitative estimate of drug-likeness (QED) is 0.617. The van der Waals surface area contributed by atoms with Gasteiger partial charge in [-0.25, -0.2) is 14.1 Å². The Kier molecular flexibility index (Phi) is 4.62. The van der Waals surface area contributed by atoms with E-state index in [2.05, 4.69) is 44.1 Å². The monoisotopic (exact) mass is 382 g/mol. The SMILES string of the molecule is CCCSc1nn(CC)c2nc3c(c(=O)n12)[C@](C)(CC)Cc1ccccc1-3. The molecule has 0 radical (unpaired) electrons. The molecule has 0 spiro atoms. The predicted octanol–water partition coefficient (Wildman–Crippen LogP) is 4.30. The lowest BCUT2D eigenvalue weighted by atomic mass is 9.69. The van der Waals surface area contributed by atoms with Crippen LogP contribution in [0.25, 0.3) is 17.0 Å². The fourth-order valence-corrected chi connectivity index (χ4v) is 4.84. The van der Waals surface area contributed by atoms with Crippen molar-refractivity contribution in [2.24, 2.45) is 0 Å². The van der Waals surface area contributed by atoms with Crippen LogP contribution in [0.2, 0.25) is 0 Å². The Morgan fingerprint density at radius 1 is 1.22 bits per heavy atom. The third kappa shape index (κ3) is 2.73. The van der Waals surface area contributed by atoms with Crippen LogP contribution in [0.15, 0.2) is 34.2 Å². The first-order chi connectivity index (χ1) is 13.0. The highest BCUT2D eigenvalue weighted by atomic mass is 32.2. The van der Waals surface area contributed by atoms with Gasteiger partial charge in [0, 0.05) is 23.3 Å². The van der Waals surface area contributed by atoms with E-state index in [0.29, 0.717) is 12.3 Å². The van der Waals surface area contributed by atoms with Crippen LogP contribution < -0.4 is 5.56 Å². The van der Waals surface area contributed by atoms with Gasteiger partial charge >= 0.3 is 0 Å². The maximum absolute atomic E-state index is 13.7. The summed E-state index contributed by atoms with van der Waals surface area (Å²) in [5.41, 5.74) is 3.88. The topological polar surface area (TPSA) is 52.2 Å². The molecule has 4 rings (SSSR count). The molecule has 27 heavy (non-hydrogen) atoms. The van der Waals surface area contributed by atoms with Gasteiger partial charge in [-0.2, -0.15) is 0 Å². The molecule has 0 N–H and O–H groups in total. The predicted molar refractivity (Wildman–Crippen MR) is 111 cm³/mol. The second-order valence-corrected chi connectivity index (χ2v) is 8.53. The third-order valence-electron chi connectivity index (χ3n) is 5.67. The first-order valence-corrected chi connectivity index (χ1v) is 10.8. The van der Waals surface area contributed by atoms with Gasteiger partial charge in [0.05, 0.1) is 11.3 Å². The van der Waals surface area contributed by atoms with Crippen molar-refractivity contribution < 1.29 is 0 Å². The molecule has 142 valence electrons. The van der Waals surface area contributed by atoms with Crippen molar-refractivity contribution in [1.29, 1.82) is 0 Å². The Hall–Kier alpha value is -2.08. The van der Waals surface area contributed by atoms with E-state index in [9.17, 15) is 4.79 Å². The summed E-state index contributed by atoms with van der Waals surface area (Å²) in [4.78, 5) is 18.7. The molecular weight excluding hydrogens is 356 g/mol. The van der Waals surface area contributed by atoms with Crippen molar-refractivity contribution >= 4 is 17.5 Å². The molecule has 1 aliphatic carbocycles. The van der Waals surface area contributed by atoms with Gasteiger partial charge in [-0.3, -0.25) is 4.79 Å². The summed E-state index contributed by atoms with van der Waals surface area (Å²) in [6, 6.07) is 8.35. The summed E-state index contributed by atoms with van der Waals surface area (Å²) in [7, 11) is 0. The molecule has 0 saturated carbocycles. The van der Waals surface area contributed by atoms with Crippen molar-refractivity contribution in [3.05, 3.63) is 45.7 Å². The van der Waals surface area contributed by atoms with E-state index >= 15 is 0 Å². The number of benzene rings is 1. The van der Waals surface area contributed by atoms with E-state index in [1.54, 1.807) is 16.2 Å². The number of hydrogen-bond donors (Lipinski definition) is 0. The van der Waals surface area contributed by atoms with Gasteiger partial charge in [0.2, 0.25) is 5.78 Å². The lowest BCUT2D eigenvalue weighted by Crippen LogP contribution is -2.37. The van der Waals surface area contributed by atoms with Gasteiger partial charge < -0.3 is 0 Å². The average Bonchev–Trinajstić information content (AvgIpc) is 3.04. The Balaban J connectivity index is 2.10. The van der Waals surface area contributed by atoms with E-state index in [1.807, 2.05) is 17.7 Å². The molecule has 0 fully saturated rings. The van der Waals surface area contributed by atoms with Gasteiger partial charge in [0.1, 0.15) is 0 Å². The summed E-state index contributed by atoms with van der Waals surface area (Å²) >= 11 is 1.64. The number of rotatable bonds is 5. The van der Waals surface area contributed by atoms with Crippen LogP contribution in [0.5, 0.6) is 0 Å². The molecule has 2 aromatic heterocycles. The highest BCUT2D eigenvalue weighted by Gasteiger charge is 2.38. The van der Waals surface area contributed by atoms with Crippen molar-refractivity contribution in [2.45, 2.75) is 64.1 Å². The fourth-order valence-electron chi connectivity index (χ4n) is 4.00. The number of aromatic nitrogens is 4. The second kappa shape index (κ2) is 6.82. The Morgan fingerprint density at radius 2 is 2.00 bits per heavy atom. The van der Waals surface area contributed by atoms with Crippen LogP contribution >= 0.6 is 11.8 Å². The Morgan fingerprint density at radius 3 is 2.70 bits per heavy atom. The molecule has 0 unspecified atom stereocenters. The molecule has 6 heteroatoms. The molecule has 0 saturated heterocycles. The van der Waals surface area contributed by atoms with E-state index in [1.165, 1.54) is 5.56 Å². The molecule has 0 bridgehead atoms. The molecule has 1 aliphatic rings. The van der Waals surface area contributed by atoms with Gasteiger partial charge in [0.25, 0.3) is 5.56 Å². The summed E-state index contributed by atoms with van der Waals surface area (Å²) in [5.74, 6) is 1.59. The maximum atomic E-state index is 13.7. The minimum Gasteiger partial charge on any atom is -0.268 e. The standard InChI is InChI=1S/C21H26N4OS/c1-5-12-27-20-23-24(7-3)19-22-17-15-11-9-8-10-14(15)13-21(4,6-2)16(17)18(26)25(19)20/h8-11H,5-7,12-13H2,1-4H3/t21-/m1/s1. The largest absolute Gasteiger partial charge is 0.268 e. The van der Waals surface area contributed by atoms with E-state index in [-0.39, 0.29) is 11.0 Å². The Labute approximate surface area is 163 Å². The zero-order valence-corrected chi connectivity index (χ0v) is 17.3. The van der Waals surface area contributed by atoms with E-state index < -0.39 is 0 Å². The number of aryl methyl sites for hydroxylation is 1. The molecular formula is C21H26N4OS. The zero-order chi connectivity index (χ0) is 19.2. The van der Waals surface area contributed by atoms with Crippen LogP contribution in [0, 0.1) is 0 Å². The first kappa shape index (κ1) is 18.3. The lowest BCUT2D eigenvalue weighted by Gasteiger charge is -2.35. The van der Waals surface area contributed by atoms with Crippen molar-refractivity contribution in [3.8, 4) is 11.3 Å². The maximum Gasteiger partial charge on any atom is 0.265 e. The summed E-state index contributed by atoms with van der Waals surface area (Å²) in [6.07, 6.45) is 2.81. The average molecular weight is 383 g/mol. The number of thioether (sulfide) groups is 1. The van der Waals surface area contributed by atoms with E-state index in [4.69, 9.17) is 4.98 Å². The Bertz CT molecular complexity index is 1070. The van der Waals surface area contributed by atoms with Crippen molar-refractivity contribution in [1.82, 2.24) is 19.2 Å². The zero-order valence-electron chi connectivity index (χ0n) is 16.5. The molecule has 2 heterocycles. The van der Waals surface area contributed by atoms with Crippen LogP contribution in [-0.2, 0) is 18.4 Å². The lowest BCUT2D eigenvalue weighted by molar-refractivity contribution is 0.439. The molecule has 0 amide bonds. The first-order valence-electron chi connectivity index (χ1n) is 9.79. The number of hydrogen-bond acceptors (Lipinski definition) is 4. The normalized spacial score (nSPS) is 18.5. The minimum atomic E-state index is -0.212. The summed E-state index contributed by atoms with van der Waals surface area (Å²) < 4.78 is 3.59. The van der Waals surface area contributed by atoms with Gasteiger partial charge in [-0.15, -0.1) is 5.10 Å². The van der Waals surface area contributed by atoms with Crippen LogP contribution in [-0.4, -0.2) is 24.9 Å². The van der Waals surface area contributed by atoms with Gasteiger partial charge in [0.15, 0.2) is 5.16 Å². The van der Waals surface area contributed by atoms with Crippen LogP contribution in [0.3, 0.4) is 0 Å².